The molecule has 8 heteroatoms. The summed E-state index contributed by atoms with van der Waals surface area (Å²) in [5.41, 5.74) is 1.70. The average Bonchev–Trinajstić information content (AvgIpc) is 3.16. The summed E-state index contributed by atoms with van der Waals surface area (Å²) >= 11 is 0. The number of carbonyl (C=O) groups is 1. The van der Waals surface area contributed by atoms with E-state index in [1.54, 1.807) is 11.0 Å². The molecule has 152 valence electrons. The maximum atomic E-state index is 13.8. The number of carbonyl (C=O) groups excluding carboxylic acids is 1. The summed E-state index contributed by atoms with van der Waals surface area (Å²) in [4.78, 5) is 14.3. The van der Waals surface area contributed by atoms with Crippen LogP contribution in [0, 0.1) is 5.82 Å². The van der Waals surface area contributed by atoms with Crippen molar-refractivity contribution in [1.82, 2.24) is 5.32 Å². The van der Waals surface area contributed by atoms with Crippen LogP contribution in [0.15, 0.2) is 58.0 Å². The van der Waals surface area contributed by atoms with Gasteiger partial charge < -0.3 is 15.0 Å². The number of ether oxygens (including phenoxy) is 1. The molecule has 0 unspecified atom stereocenters. The highest BCUT2D eigenvalue weighted by molar-refractivity contribution is 7.96. The number of allylic oxidation sites excluding steroid dienone is 1. The lowest BCUT2D eigenvalue weighted by Crippen LogP contribution is -2.35. The zero-order chi connectivity index (χ0) is 20.6. The van der Waals surface area contributed by atoms with Crippen molar-refractivity contribution in [2.75, 3.05) is 18.1 Å². The minimum atomic E-state index is -4.12. The van der Waals surface area contributed by atoms with E-state index in [1.165, 1.54) is 12.1 Å². The normalized spacial score (nSPS) is 17.0. The summed E-state index contributed by atoms with van der Waals surface area (Å²) < 4.78 is 45.5. The summed E-state index contributed by atoms with van der Waals surface area (Å²) in [6.07, 6.45) is 1.22. The highest BCUT2D eigenvalue weighted by Gasteiger charge is 2.41. The Kier molecular flexibility index (Phi) is 5.04. The van der Waals surface area contributed by atoms with Crippen LogP contribution in [-0.4, -0.2) is 27.5 Å². The summed E-state index contributed by atoms with van der Waals surface area (Å²) in [6.45, 7) is 3.15. The lowest BCUT2D eigenvalue weighted by molar-refractivity contribution is -0.117. The summed E-state index contributed by atoms with van der Waals surface area (Å²) in [7, 11) is -4.12. The molecule has 0 radical (unpaired) electrons. The first-order valence-electron chi connectivity index (χ1n) is 9.47. The van der Waals surface area contributed by atoms with E-state index in [0.717, 1.165) is 18.1 Å². The Hall–Kier alpha value is -2.87. The Balaban J connectivity index is 1.65. The molecule has 1 N–H and O–H groups in total. The van der Waals surface area contributed by atoms with Crippen LogP contribution in [0.3, 0.4) is 0 Å². The third-order valence-electron chi connectivity index (χ3n) is 5.02. The number of nitrogens with one attached hydrogen (secondary N) is 1. The van der Waals surface area contributed by atoms with Crippen LogP contribution in [-0.2, 0) is 21.2 Å². The van der Waals surface area contributed by atoms with E-state index in [-0.39, 0.29) is 16.3 Å². The molecule has 2 aromatic carbocycles. The second-order valence-electron chi connectivity index (χ2n) is 6.91. The molecule has 1 amide bonds. The van der Waals surface area contributed by atoms with E-state index in [2.05, 4.69) is 5.32 Å². The Morgan fingerprint density at radius 1 is 1.24 bits per heavy atom. The van der Waals surface area contributed by atoms with Gasteiger partial charge in [-0.1, -0.05) is 12.1 Å². The van der Waals surface area contributed by atoms with E-state index in [4.69, 9.17) is 4.74 Å². The van der Waals surface area contributed by atoms with Crippen molar-refractivity contribution in [3.63, 3.8) is 0 Å². The van der Waals surface area contributed by atoms with Crippen LogP contribution in [0.1, 0.15) is 25.3 Å². The highest BCUT2D eigenvalue weighted by atomic mass is 32.2. The molecule has 0 aromatic heterocycles. The van der Waals surface area contributed by atoms with Gasteiger partial charge in [0.05, 0.1) is 17.2 Å². The molecular weight excluding hydrogens is 395 g/mol. The second-order valence-corrected chi connectivity index (χ2v) is 8.76. The number of hydrogen-bond donors (Lipinski definition) is 1. The highest BCUT2D eigenvalue weighted by Crippen LogP contribution is 2.43. The van der Waals surface area contributed by atoms with E-state index in [9.17, 15) is 17.6 Å². The van der Waals surface area contributed by atoms with Crippen LogP contribution in [0.25, 0.3) is 0 Å². The molecule has 0 atom stereocenters. The number of rotatable bonds is 5. The van der Waals surface area contributed by atoms with Gasteiger partial charge in [-0.3, -0.25) is 4.79 Å². The SMILES string of the molecule is CCOc1cccc(CNC(=O)C2=C3CCCN3c3ccc(F)cc3S2(=O)=O)c1. The third kappa shape index (κ3) is 3.48. The third-order valence-corrected chi connectivity index (χ3v) is 6.89. The van der Waals surface area contributed by atoms with E-state index >= 15 is 0 Å². The van der Waals surface area contributed by atoms with Crippen molar-refractivity contribution < 1.29 is 22.3 Å². The van der Waals surface area contributed by atoms with Gasteiger partial charge in [-0.05, 0) is 55.7 Å². The summed E-state index contributed by atoms with van der Waals surface area (Å²) in [5, 5.41) is 2.70. The molecule has 0 aliphatic carbocycles. The number of sulfone groups is 1. The molecule has 0 spiro atoms. The number of halogens is 1. The molecule has 2 aromatic rings. The van der Waals surface area contributed by atoms with Gasteiger partial charge in [-0.25, -0.2) is 12.8 Å². The Morgan fingerprint density at radius 3 is 2.86 bits per heavy atom. The van der Waals surface area contributed by atoms with E-state index < -0.39 is 21.6 Å². The van der Waals surface area contributed by atoms with Crippen LogP contribution >= 0.6 is 0 Å². The van der Waals surface area contributed by atoms with Crippen molar-refractivity contribution in [2.45, 2.75) is 31.2 Å². The zero-order valence-electron chi connectivity index (χ0n) is 15.9. The van der Waals surface area contributed by atoms with Crippen molar-refractivity contribution in [3.8, 4) is 5.75 Å². The molecule has 4 rings (SSSR count). The predicted molar refractivity (Wildman–Crippen MR) is 107 cm³/mol. The number of benzene rings is 2. The Labute approximate surface area is 168 Å². The maximum absolute atomic E-state index is 13.8. The molecular formula is C21H21FN2O4S. The van der Waals surface area contributed by atoms with Gasteiger partial charge in [0.2, 0.25) is 9.84 Å². The van der Waals surface area contributed by atoms with Crippen molar-refractivity contribution >= 4 is 21.4 Å². The fourth-order valence-electron chi connectivity index (χ4n) is 3.80. The molecule has 1 saturated heterocycles. The number of nitrogens with zero attached hydrogens (tertiary/aromatic N) is 1. The minimum absolute atomic E-state index is 0.155. The van der Waals surface area contributed by atoms with Crippen LogP contribution in [0.2, 0.25) is 0 Å². The summed E-state index contributed by atoms with van der Waals surface area (Å²) in [5.74, 6) is -0.649. The first-order valence-corrected chi connectivity index (χ1v) is 11.0. The monoisotopic (exact) mass is 416 g/mol. The predicted octanol–water partition coefficient (Wildman–Crippen LogP) is 3.14. The molecule has 2 aliphatic heterocycles. The lowest BCUT2D eigenvalue weighted by atomic mass is 10.2. The Morgan fingerprint density at radius 2 is 2.07 bits per heavy atom. The topological polar surface area (TPSA) is 75.7 Å². The van der Waals surface area contributed by atoms with Crippen LogP contribution < -0.4 is 15.0 Å². The number of amides is 1. The Bertz CT molecular complexity index is 1110. The van der Waals surface area contributed by atoms with Gasteiger partial charge in [0, 0.05) is 18.8 Å². The smallest absolute Gasteiger partial charge is 0.265 e. The van der Waals surface area contributed by atoms with Gasteiger partial charge in [0.15, 0.2) is 4.91 Å². The second kappa shape index (κ2) is 7.51. The van der Waals surface area contributed by atoms with Crippen LogP contribution in [0.4, 0.5) is 10.1 Å². The van der Waals surface area contributed by atoms with Gasteiger partial charge in [0.25, 0.3) is 5.91 Å². The molecule has 2 heterocycles. The molecule has 6 nitrogen and oxygen atoms in total. The van der Waals surface area contributed by atoms with Crippen molar-refractivity contribution in [3.05, 3.63) is 64.4 Å². The number of fused-ring (bicyclic) bond motifs is 3. The average molecular weight is 416 g/mol. The standard InChI is InChI=1S/C21H21FN2O4S/c1-2-28-16-6-3-5-14(11-16)13-23-21(25)20-18-7-4-10-24(18)17-9-8-15(22)12-19(17)29(20,26)27/h3,5-6,8-9,11-12H,2,4,7,10,13H2,1H3,(H,23,25). The fourth-order valence-corrected chi connectivity index (χ4v) is 5.58. The molecule has 2 aliphatic rings. The minimum Gasteiger partial charge on any atom is -0.494 e. The molecule has 29 heavy (non-hydrogen) atoms. The fraction of sp³-hybridized carbons (Fsp3) is 0.286. The zero-order valence-corrected chi connectivity index (χ0v) is 16.8. The van der Waals surface area contributed by atoms with Gasteiger partial charge >= 0.3 is 0 Å². The molecule has 0 saturated carbocycles. The molecule has 0 bridgehead atoms. The van der Waals surface area contributed by atoms with E-state index in [0.29, 0.717) is 36.7 Å². The first-order chi connectivity index (χ1) is 13.9. The first kappa shape index (κ1) is 19.4. The quantitative estimate of drug-likeness (QED) is 0.811. The van der Waals surface area contributed by atoms with Gasteiger partial charge in [-0.15, -0.1) is 0 Å². The lowest BCUT2D eigenvalue weighted by Gasteiger charge is -2.30. The van der Waals surface area contributed by atoms with Crippen LogP contribution in [0.5, 0.6) is 5.75 Å². The van der Waals surface area contributed by atoms with Gasteiger partial charge in [0.1, 0.15) is 11.6 Å². The maximum Gasteiger partial charge on any atom is 0.265 e. The van der Waals surface area contributed by atoms with E-state index in [1.807, 2.05) is 25.1 Å². The number of hydrogen-bond acceptors (Lipinski definition) is 5. The van der Waals surface area contributed by atoms with Gasteiger partial charge in [-0.2, -0.15) is 0 Å². The largest absolute Gasteiger partial charge is 0.494 e. The summed E-state index contributed by atoms with van der Waals surface area (Å²) in [6, 6.07) is 10.9. The number of anilines is 1. The van der Waals surface area contributed by atoms with Crippen molar-refractivity contribution in [1.29, 1.82) is 0 Å². The molecule has 1 fully saturated rings. The van der Waals surface area contributed by atoms with Crippen molar-refractivity contribution in [2.24, 2.45) is 0 Å².